The summed E-state index contributed by atoms with van der Waals surface area (Å²) in [7, 11) is 0. The van der Waals surface area contributed by atoms with Gasteiger partial charge in [0.1, 0.15) is 22.3 Å². The Bertz CT molecular complexity index is 2540. The van der Waals surface area contributed by atoms with Gasteiger partial charge in [0.05, 0.1) is 60.3 Å². The van der Waals surface area contributed by atoms with Crippen molar-refractivity contribution in [3.8, 4) is 11.1 Å². The number of rotatable bonds is 1. The van der Waals surface area contributed by atoms with Gasteiger partial charge in [-0.3, -0.25) is 0 Å². The average molecular weight is 848 g/mol. The van der Waals surface area contributed by atoms with Crippen LogP contribution in [0.4, 0.5) is 0 Å². The van der Waals surface area contributed by atoms with Crippen LogP contribution in [0, 0.1) is 0 Å². The van der Waals surface area contributed by atoms with Gasteiger partial charge in [0.2, 0.25) is 0 Å². The lowest BCUT2D eigenvalue weighted by atomic mass is 10.0. The van der Waals surface area contributed by atoms with E-state index in [4.69, 9.17) is 148 Å². The van der Waals surface area contributed by atoms with Gasteiger partial charge in [-0.1, -0.05) is 151 Å². The first-order chi connectivity index (χ1) is 21.8. The molecule has 8 rings (SSSR count). The smallest absolute Gasteiger partial charge is 0.146 e. The van der Waals surface area contributed by atoms with Gasteiger partial charge >= 0.3 is 0 Å². The zero-order valence-electron chi connectivity index (χ0n) is 21.8. The van der Waals surface area contributed by atoms with Crippen LogP contribution >= 0.6 is 139 Å². The number of fused-ring (bicyclic) bond motifs is 10. The zero-order valence-corrected chi connectivity index (χ0v) is 30.9. The van der Waals surface area contributed by atoms with E-state index in [0.717, 1.165) is 11.1 Å². The summed E-state index contributed by atoms with van der Waals surface area (Å²) in [6.07, 6.45) is 0. The third kappa shape index (κ3) is 4.27. The van der Waals surface area contributed by atoms with Crippen LogP contribution in [-0.4, -0.2) is 0 Å². The van der Waals surface area contributed by atoms with E-state index in [9.17, 15) is 0 Å². The van der Waals surface area contributed by atoms with Gasteiger partial charge in [-0.2, -0.15) is 0 Å². The molecule has 0 aliphatic carbocycles. The molecule has 2 nitrogen and oxygen atoms in total. The minimum Gasteiger partial charge on any atom is -0.455 e. The van der Waals surface area contributed by atoms with E-state index in [1.807, 2.05) is 36.4 Å². The van der Waals surface area contributed by atoms with Gasteiger partial charge in [0, 0.05) is 43.1 Å². The van der Waals surface area contributed by atoms with E-state index in [1.54, 1.807) is 0 Å². The summed E-state index contributed by atoms with van der Waals surface area (Å²) in [6, 6.07) is 11.3. The first-order valence-electron chi connectivity index (χ1n) is 12.8. The van der Waals surface area contributed by atoms with Gasteiger partial charge in [-0.15, -0.1) is 0 Å². The first-order valence-corrected chi connectivity index (χ1v) is 17.3. The predicted molar refractivity (Wildman–Crippen MR) is 202 cm³/mol. The molecule has 46 heavy (non-hydrogen) atoms. The second-order valence-electron chi connectivity index (χ2n) is 10.3. The van der Waals surface area contributed by atoms with Crippen molar-refractivity contribution in [3.63, 3.8) is 0 Å². The second-order valence-corrected chi connectivity index (χ2v) is 14.8. The van der Waals surface area contributed by atoms with Crippen LogP contribution in [0.5, 0.6) is 0 Å². The summed E-state index contributed by atoms with van der Waals surface area (Å²) in [5, 5.41) is 5.57. The zero-order chi connectivity index (χ0) is 32.7. The monoisotopic (exact) mass is 842 g/mol. The van der Waals surface area contributed by atoms with Crippen LogP contribution in [0.3, 0.4) is 0 Å². The van der Waals surface area contributed by atoms with Crippen LogP contribution in [0.2, 0.25) is 60.3 Å². The number of furan rings is 2. The molecule has 0 aliphatic heterocycles. The van der Waals surface area contributed by atoms with Crippen LogP contribution in [-0.2, 0) is 0 Å². The SMILES string of the molecule is Clc1c(Cl)c(Cl)c2c(c1Cl)c(Cl)c(Cl)c1c3ccc(-c4ccc5c(c4)oc4c6c(Cl)c(Cl)c(Cl)c(Cl)c6c(Cl)c(Cl)c54)cc3oc21. The fraction of sp³-hybridized carbons (Fsp3) is 0. The molecule has 0 amide bonds. The second kappa shape index (κ2) is 11.2. The number of benzene rings is 6. The molecule has 0 aliphatic rings. The van der Waals surface area contributed by atoms with E-state index in [2.05, 4.69) is 0 Å². The maximum absolute atomic E-state index is 6.77. The highest BCUT2D eigenvalue weighted by Gasteiger charge is 2.27. The average Bonchev–Trinajstić information content (AvgIpc) is 3.62. The van der Waals surface area contributed by atoms with E-state index >= 15 is 0 Å². The van der Waals surface area contributed by atoms with Crippen LogP contribution < -0.4 is 0 Å². The van der Waals surface area contributed by atoms with Gasteiger partial charge < -0.3 is 8.83 Å². The molecule has 0 radical (unpaired) electrons. The van der Waals surface area contributed by atoms with E-state index in [0.29, 0.717) is 65.4 Å². The summed E-state index contributed by atoms with van der Waals surface area (Å²) in [6.45, 7) is 0. The summed E-state index contributed by atoms with van der Waals surface area (Å²) in [4.78, 5) is 0. The molecule has 0 spiro atoms. The standard InChI is InChI=1S/C32H6Cl12O2/c33-19-13-9-3-1-7(5-11(9)45-31(13)17-15(21(19)35)23(37)27(41)29(43)25(17)39)8-2-4-10-12(6-8)46-32-14(10)20(34)22(36)16-18(32)26(40)30(44)28(42)24(16)38/h1-6H. The Morgan fingerprint density at radius 1 is 0.304 bits per heavy atom. The molecular formula is C32H6Cl12O2. The van der Waals surface area contributed by atoms with Crippen molar-refractivity contribution in [2.45, 2.75) is 0 Å². The molecule has 0 N–H and O–H groups in total. The van der Waals surface area contributed by atoms with Gasteiger partial charge in [-0.05, 0) is 35.4 Å². The molecule has 0 saturated carbocycles. The van der Waals surface area contributed by atoms with Gasteiger partial charge in [0.15, 0.2) is 0 Å². The topological polar surface area (TPSA) is 26.3 Å². The van der Waals surface area contributed by atoms with Crippen LogP contribution in [0.15, 0.2) is 45.2 Å². The highest BCUT2D eigenvalue weighted by atomic mass is 35.5. The van der Waals surface area contributed by atoms with Crippen molar-refractivity contribution < 1.29 is 8.83 Å². The molecule has 6 aromatic carbocycles. The van der Waals surface area contributed by atoms with Crippen LogP contribution in [0.1, 0.15) is 0 Å². The summed E-state index contributed by atoms with van der Waals surface area (Å²) < 4.78 is 12.7. The van der Waals surface area contributed by atoms with Crippen molar-refractivity contribution in [2.75, 3.05) is 0 Å². The summed E-state index contributed by atoms with van der Waals surface area (Å²) in [5.74, 6) is 0. The number of halogens is 12. The Hall–Kier alpha value is -1.08. The Balaban J connectivity index is 1.38. The van der Waals surface area contributed by atoms with Crippen molar-refractivity contribution >= 4 is 205 Å². The maximum Gasteiger partial charge on any atom is 0.146 e. The maximum atomic E-state index is 6.77. The van der Waals surface area contributed by atoms with Crippen molar-refractivity contribution in [1.82, 2.24) is 0 Å². The molecule has 230 valence electrons. The normalized spacial score (nSPS) is 12.3. The first kappa shape index (κ1) is 32.1. The molecule has 0 saturated heterocycles. The molecule has 0 atom stereocenters. The van der Waals surface area contributed by atoms with Crippen molar-refractivity contribution in [2.24, 2.45) is 0 Å². The Kier molecular flexibility index (Phi) is 7.84. The Labute approximate surface area is 318 Å². The van der Waals surface area contributed by atoms with Gasteiger partial charge in [0.25, 0.3) is 0 Å². The van der Waals surface area contributed by atoms with E-state index < -0.39 is 0 Å². The molecule has 0 bridgehead atoms. The fourth-order valence-corrected chi connectivity index (χ4v) is 9.18. The quantitative estimate of drug-likeness (QED) is 0.122. The Morgan fingerprint density at radius 3 is 0.935 bits per heavy atom. The molecule has 0 fully saturated rings. The largest absolute Gasteiger partial charge is 0.455 e. The molecule has 8 aromatic rings. The molecule has 2 aromatic heterocycles. The summed E-state index contributed by atoms with van der Waals surface area (Å²) >= 11 is 78.7. The van der Waals surface area contributed by atoms with E-state index in [-0.39, 0.29) is 60.3 Å². The van der Waals surface area contributed by atoms with Gasteiger partial charge in [-0.25, -0.2) is 0 Å². The minimum absolute atomic E-state index is 0.0614. The summed E-state index contributed by atoms with van der Waals surface area (Å²) in [5.41, 5.74) is 3.35. The lowest BCUT2D eigenvalue weighted by molar-refractivity contribution is 0.672. The van der Waals surface area contributed by atoms with Crippen molar-refractivity contribution in [1.29, 1.82) is 0 Å². The van der Waals surface area contributed by atoms with Crippen LogP contribution in [0.25, 0.3) is 76.5 Å². The molecule has 14 heteroatoms. The predicted octanol–water partition coefficient (Wildman–Crippen LogP) is 17.3. The number of hydrogen-bond donors (Lipinski definition) is 0. The molecular weight excluding hydrogens is 842 g/mol. The fourth-order valence-electron chi connectivity index (χ4n) is 5.88. The molecule has 2 heterocycles. The Morgan fingerprint density at radius 2 is 0.587 bits per heavy atom. The third-order valence-corrected chi connectivity index (χ3v) is 13.3. The third-order valence-electron chi connectivity index (χ3n) is 7.97. The highest BCUT2D eigenvalue weighted by Crippen LogP contribution is 2.54. The lowest BCUT2D eigenvalue weighted by Crippen LogP contribution is -1.86. The highest BCUT2D eigenvalue weighted by molar-refractivity contribution is 6.61. The lowest BCUT2D eigenvalue weighted by Gasteiger charge is -2.12. The van der Waals surface area contributed by atoms with E-state index in [1.165, 1.54) is 0 Å². The molecule has 0 unspecified atom stereocenters. The number of hydrogen-bond acceptors (Lipinski definition) is 2. The van der Waals surface area contributed by atoms with Crippen molar-refractivity contribution in [3.05, 3.63) is 96.7 Å². The minimum atomic E-state index is 0.0614.